The van der Waals surface area contributed by atoms with E-state index < -0.39 is 0 Å². The number of aromatic nitrogens is 3. The van der Waals surface area contributed by atoms with E-state index in [1.54, 1.807) is 0 Å². The topological polar surface area (TPSA) is 25.6 Å². The Morgan fingerprint density at radius 3 is 1.44 bits per heavy atom. The Hall–Kier alpha value is -7.62. The quantitative estimate of drug-likeness (QED) is 0.183. The van der Waals surface area contributed by atoms with Gasteiger partial charge >= 0.3 is 0 Å². The molecule has 0 fully saturated rings. The van der Waals surface area contributed by atoms with Crippen LogP contribution in [0.1, 0.15) is 0 Å². The van der Waals surface area contributed by atoms with Gasteiger partial charge in [-0.3, -0.25) is 0 Å². The van der Waals surface area contributed by atoms with E-state index in [-0.39, 0.29) is 0 Å². The summed E-state index contributed by atoms with van der Waals surface area (Å²) >= 11 is 0. The van der Waals surface area contributed by atoms with Crippen molar-refractivity contribution in [2.45, 2.75) is 0 Å². The third kappa shape index (κ3) is 4.92. The first kappa shape index (κ1) is 31.7. The molecule has 12 aromatic rings. The van der Waals surface area contributed by atoms with Gasteiger partial charge in [0.1, 0.15) is 0 Å². The lowest BCUT2D eigenvalue weighted by Gasteiger charge is -2.10. The number of rotatable bonds is 5. The van der Waals surface area contributed by atoms with Crippen LogP contribution in [-0.4, -0.2) is 14.1 Å². The molecule has 0 saturated heterocycles. The lowest BCUT2D eigenvalue weighted by Crippen LogP contribution is -1.93. The highest BCUT2D eigenvalue weighted by atomic mass is 15.0. The highest BCUT2D eigenvalue weighted by molar-refractivity contribution is 6.15. The summed E-state index contributed by atoms with van der Waals surface area (Å²) in [6.45, 7) is 0. The summed E-state index contributed by atoms with van der Waals surface area (Å²) in [5.74, 6) is 0. The van der Waals surface area contributed by atoms with Gasteiger partial charge in [-0.05, 0) is 94.5 Å². The van der Waals surface area contributed by atoms with Gasteiger partial charge in [-0.1, -0.05) is 140 Å². The van der Waals surface area contributed by atoms with Crippen LogP contribution in [0.3, 0.4) is 0 Å². The maximum absolute atomic E-state index is 3.72. The minimum atomic E-state index is 1.15. The largest absolute Gasteiger partial charge is 0.354 e. The molecule has 0 amide bonds. The molecule has 3 nitrogen and oxygen atoms in total. The number of benzene rings is 9. The van der Waals surface area contributed by atoms with Crippen LogP contribution in [0.15, 0.2) is 206 Å². The molecular formula is C54H35N3. The van der Waals surface area contributed by atoms with Crippen molar-refractivity contribution in [1.82, 2.24) is 14.1 Å². The van der Waals surface area contributed by atoms with Gasteiger partial charge in [-0.15, -0.1) is 0 Å². The molecule has 3 aromatic heterocycles. The second kappa shape index (κ2) is 12.5. The zero-order valence-electron chi connectivity index (χ0n) is 31.0. The van der Waals surface area contributed by atoms with Crippen molar-refractivity contribution in [3.8, 4) is 44.8 Å². The van der Waals surface area contributed by atoms with Crippen molar-refractivity contribution < 1.29 is 0 Å². The molecule has 0 spiro atoms. The molecule has 9 aromatic carbocycles. The van der Waals surface area contributed by atoms with Crippen LogP contribution in [0, 0.1) is 0 Å². The van der Waals surface area contributed by atoms with Crippen LogP contribution in [0.5, 0.6) is 0 Å². The summed E-state index contributed by atoms with van der Waals surface area (Å²) in [5.41, 5.74) is 16.7. The Kier molecular flexibility index (Phi) is 6.93. The molecule has 0 aliphatic rings. The van der Waals surface area contributed by atoms with E-state index >= 15 is 0 Å². The van der Waals surface area contributed by atoms with E-state index in [9.17, 15) is 0 Å². The van der Waals surface area contributed by atoms with Crippen LogP contribution in [0.25, 0.3) is 110 Å². The van der Waals surface area contributed by atoms with Crippen LogP contribution in [0.2, 0.25) is 0 Å². The van der Waals surface area contributed by atoms with Crippen molar-refractivity contribution in [2.75, 3.05) is 0 Å². The summed E-state index contributed by atoms with van der Waals surface area (Å²) in [7, 11) is 0. The maximum atomic E-state index is 3.72. The van der Waals surface area contributed by atoms with Gasteiger partial charge in [0.15, 0.2) is 0 Å². The SMILES string of the molecule is c1ccc(-n2c3ccccc3c3cc(-c4ccc(-c5ccc6c(c5)c5ccc(-c7cccc8c7[nH]c7ccccc78)cc5n6-c5ccccc5)cc4)ccc32)cc1. The first-order valence-electron chi connectivity index (χ1n) is 19.6. The van der Waals surface area contributed by atoms with Crippen LogP contribution in [0.4, 0.5) is 0 Å². The highest BCUT2D eigenvalue weighted by Gasteiger charge is 2.17. The predicted molar refractivity (Wildman–Crippen MR) is 241 cm³/mol. The maximum Gasteiger partial charge on any atom is 0.0547 e. The third-order valence-electron chi connectivity index (χ3n) is 11.9. The van der Waals surface area contributed by atoms with Gasteiger partial charge in [-0.25, -0.2) is 0 Å². The number of H-pyrrole nitrogens is 1. The Bertz CT molecular complexity index is 3490. The van der Waals surface area contributed by atoms with Gasteiger partial charge in [-0.2, -0.15) is 0 Å². The number of para-hydroxylation sites is 5. The van der Waals surface area contributed by atoms with Gasteiger partial charge in [0.05, 0.1) is 27.6 Å². The Labute approximate surface area is 329 Å². The van der Waals surface area contributed by atoms with Crippen molar-refractivity contribution >= 4 is 65.4 Å². The molecule has 0 unspecified atom stereocenters. The predicted octanol–water partition coefficient (Wildman–Crippen LogP) is 14.5. The number of nitrogens with one attached hydrogen (secondary N) is 1. The van der Waals surface area contributed by atoms with Crippen molar-refractivity contribution in [3.63, 3.8) is 0 Å². The number of hydrogen-bond acceptors (Lipinski definition) is 0. The molecule has 266 valence electrons. The minimum Gasteiger partial charge on any atom is -0.354 e. The standard InChI is InChI=1S/C54H35N3/c1-3-12-40(13-4-1)56-50-21-10-8-17-44(50)47-32-37(27-30-51(47)56)35-22-24-36(25-23-35)38-28-31-52-48(33-38)45-29-26-39(34-53(45)57(52)41-14-5-2-6-15-41)42-18-11-19-46-43-16-7-9-20-49(43)55-54(42)46/h1-34,55H. The van der Waals surface area contributed by atoms with Crippen molar-refractivity contribution in [1.29, 1.82) is 0 Å². The summed E-state index contributed by atoms with van der Waals surface area (Å²) < 4.78 is 4.78. The Balaban J connectivity index is 0.959. The molecule has 57 heavy (non-hydrogen) atoms. The lowest BCUT2D eigenvalue weighted by molar-refractivity contribution is 1.18. The number of hydrogen-bond donors (Lipinski definition) is 1. The van der Waals surface area contributed by atoms with E-state index in [4.69, 9.17) is 0 Å². The Morgan fingerprint density at radius 2 is 0.772 bits per heavy atom. The van der Waals surface area contributed by atoms with Gasteiger partial charge < -0.3 is 14.1 Å². The minimum absolute atomic E-state index is 1.15. The average Bonchev–Trinajstić information content (AvgIpc) is 3.94. The van der Waals surface area contributed by atoms with E-state index in [0.717, 1.165) is 11.2 Å². The van der Waals surface area contributed by atoms with Crippen LogP contribution >= 0.6 is 0 Å². The fraction of sp³-hybridized carbons (Fsp3) is 0. The highest BCUT2D eigenvalue weighted by Crippen LogP contribution is 2.40. The molecule has 3 heteroatoms. The molecule has 0 aliphatic carbocycles. The van der Waals surface area contributed by atoms with Crippen molar-refractivity contribution in [2.24, 2.45) is 0 Å². The molecule has 0 atom stereocenters. The summed E-state index contributed by atoms with van der Waals surface area (Å²) in [6, 6.07) is 75.1. The number of nitrogens with zero attached hydrogens (tertiary/aromatic N) is 2. The molecule has 0 saturated carbocycles. The molecular weight excluding hydrogens is 691 g/mol. The van der Waals surface area contributed by atoms with Crippen LogP contribution in [-0.2, 0) is 0 Å². The average molecular weight is 726 g/mol. The molecule has 0 bridgehead atoms. The Morgan fingerprint density at radius 1 is 0.281 bits per heavy atom. The fourth-order valence-corrected chi connectivity index (χ4v) is 9.20. The second-order valence-electron chi connectivity index (χ2n) is 15.0. The fourth-order valence-electron chi connectivity index (χ4n) is 9.20. The molecule has 12 rings (SSSR count). The van der Waals surface area contributed by atoms with E-state index in [0.29, 0.717) is 0 Å². The number of aromatic amines is 1. The van der Waals surface area contributed by atoms with Gasteiger partial charge in [0, 0.05) is 54.8 Å². The van der Waals surface area contributed by atoms with E-state index in [2.05, 4.69) is 220 Å². The summed E-state index contributed by atoms with van der Waals surface area (Å²) in [4.78, 5) is 3.72. The van der Waals surface area contributed by atoms with Crippen LogP contribution < -0.4 is 0 Å². The summed E-state index contributed by atoms with van der Waals surface area (Å²) in [6.07, 6.45) is 0. The van der Waals surface area contributed by atoms with Gasteiger partial charge in [0.2, 0.25) is 0 Å². The van der Waals surface area contributed by atoms with E-state index in [1.807, 2.05) is 0 Å². The molecule has 1 N–H and O–H groups in total. The summed E-state index contributed by atoms with van der Waals surface area (Å²) in [5, 5.41) is 7.51. The molecule has 0 aliphatic heterocycles. The smallest absolute Gasteiger partial charge is 0.0547 e. The first-order valence-corrected chi connectivity index (χ1v) is 19.6. The first-order chi connectivity index (χ1) is 28.3. The number of fused-ring (bicyclic) bond motifs is 9. The zero-order chi connectivity index (χ0) is 37.5. The molecule has 0 radical (unpaired) electrons. The molecule has 3 heterocycles. The van der Waals surface area contributed by atoms with E-state index in [1.165, 1.54) is 99.0 Å². The zero-order valence-corrected chi connectivity index (χ0v) is 31.0. The second-order valence-corrected chi connectivity index (χ2v) is 15.0. The monoisotopic (exact) mass is 725 g/mol. The third-order valence-corrected chi connectivity index (χ3v) is 11.9. The lowest BCUT2D eigenvalue weighted by atomic mass is 9.97. The van der Waals surface area contributed by atoms with Crippen molar-refractivity contribution in [3.05, 3.63) is 206 Å². The normalized spacial score (nSPS) is 11.9. The van der Waals surface area contributed by atoms with Gasteiger partial charge in [0.25, 0.3) is 0 Å².